The van der Waals surface area contributed by atoms with Crippen LogP contribution in [0.15, 0.2) is 22.9 Å². The molecular formula is C16H22O2S2. The van der Waals surface area contributed by atoms with Crippen LogP contribution in [0.3, 0.4) is 0 Å². The third-order valence-electron chi connectivity index (χ3n) is 2.98. The second-order valence-corrected chi connectivity index (χ2v) is 6.46. The van der Waals surface area contributed by atoms with Crippen LogP contribution >= 0.6 is 22.7 Å². The maximum Gasteiger partial charge on any atom is 0.138 e. The van der Waals surface area contributed by atoms with Crippen molar-refractivity contribution < 1.29 is 9.47 Å². The van der Waals surface area contributed by atoms with Crippen molar-refractivity contribution >= 4 is 22.7 Å². The van der Waals surface area contributed by atoms with Gasteiger partial charge in [0.25, 0.3) is 0 Å². The molecule has 0 bridgehead atoms. The minimum absolute atomic E-state index is 0.789. The fraction of sp³-hybridized carbons (Fsp3) is 0.500. The Bertz CT molecular complexity index is 456. The molecule has 0 fully saturated rings. The minimum atomic E-state index is 0.789. The Labute approximate surface area is 129 Å². The predicted octanol–water partition coefficient (Wildman–Crippen LogP) is 5.83. The van der Waals surface area contributed by atoms with Gasteiger partial charge in [-0.15, -0.1) is 22.7 Å². The van der Waals surface area contributed by atoms with E-state index in [-0.39, 0.29) is 0 Å². The first-order chi connectivity index (χ1) is 9.86. The van der Waals surface area contributed by atoms with Crippen molar-refractivity contribution in [2.24, 2.45) is 0 Å². The van der Waals surface area contributed by atoms with Gasteiger partial charge in [0.2, 0.25) is 0 Å². The van der Waals surface area contributed by atoms with Crippen LogP contribution in [0.4, 0.5) is 0 Å². The highest BCUT2D eigenvalue weighted by Crippen LogP contribution is 2.44. The summed E-state index contributed by atoms with van der Waals surface area (Å²) < 4.78 is 11.8. The molecule has 0 unspecified atom stereocenters. The van der Waals surface area contributed by atoms with E-state index in [0.29, 0.717) is 0 Å². The number of rotatable bonds is 9. The van der Waals surface area contributed by atoms with Crippen molar-refractivity contribution in [2.45, 2.75) is 39.5 Å². The SMILES string of the molecule is CCCCOc1ccsc1-c1sccc1OCCCC. The zero-order chi connectivity index (χ0) is 14.2. The first-order valence-corrected chi connectivity index (χ1v) is 9.03. The van der Waals surface area contributed by atoms with Crippen molar-refractivity contribution in [1.82, 2.24) is 0 Å². The van der Waals surface area contributed by atoms with Crippen molar-refractivity contribution in [3.8, 4) is 21.3 Å². The standard InChI is InChI=1S/C16H22O2S2/c1-3-5-9-17-13-7-11-19-15(13)16-14(8-12-20-16)18-10-6-4-2/h7-8,11-12H,3-6,9-10H2,1-2H3. The molecule has 0 amide bonds. The number of unbranched alkanes of at least 4 members (excludes halogenated alkanes) is 2. The summed E-state index contributed by atoms with van der Waals surface area (Å²) in [5.74, 6) is 1.98. The molecular weight excluding hydrogens is 288 g/mol. The van der Waals surface area contributed by atoms with E-state index in [2.05, 4.69) is 36.7 Å². The van der Waals surface area contributed by atoms with Gasteiger partial charge in [0.15, 0.2) is 0 Å². The molecule has 0 saturated heterocycles. The molecule has 0 radical (unpaired) electrons. The number of hydrogen-bond acceptors (Lipinski definition) is 4. The monoisotopic (exact) mass is 310 g/mol. The van der Waals surface area contributed by atoms with Crippen LogP contribution in [0.25, 0.3) is 9.75 Å². The molecule has 0 saturated carbocycles. The molecule has 0 atom stereocenters. The van der Waals surface area contributed by atoms with Gasteiger partial charge in [0.05, 0.1) is 23.0 Å². The Kier molecular flexibility index (Phi) is 6.40. The lowest BCUT2D eigenvalue weighted by Gasteiger charge is -2.08. The first-order valence-electron chi connectivity index (χ1n) is 7.27. The van der Waals surface area contributed by atoms with E-state index in [1.165, 1.54) is 9.75 Å². The largest absolute Gasteiger partial charge is 0.492 e. The highest BCUT2D eigenvalue weighted by Gasteiger charge is 2.15. The highest BCUT2D eigenvalue weighted by molar-refractivity contribution is 7.21. The smallest absolute Gasteiger partial charge is 0.138 e. The predicted molar refractivity (Wildman–Crippen MR) is 88.4 cm³/mol. The Morgan fingerprint density at radius 2 is 1.25 bits per heavy atom. The van der Waals surface area contributed by atoms with E-state index in [1.807, 2.05) is 0 Å². The van der Waals surface area contributed by atoms with Crippen LogP contribution in [0.1, 0.15) is 39.5 Å². The van der Waals surface area contributed by atoms with Gasteiger partial charge < -0.3 is 9.47 Å². The number of ether oxygens (including phenoxy) is 2. The van der Waals surface area contributed by atoms with Gasteiger partial charge in [0, 0.05) is 0 Å². The Morgan fingerprint density at radius 1 is 0.800 bits per heavy atom. The average molecular weight is 310 g/mol. The summed E-state index contributed by atoms with van der Waals surface area (Å²) >= 11 is 3.45. The molecule has 0 aliphatic carbocycles. The van der Waals surface area contributed by atoms with Gasteiger partial charge >= 0.3 is 0 Å². The van der Waals surface area contributed by atoms with Gasteiger partial charge in [-0.3, -0.25) is 0 Å². The van der Waals surface area contributed by atoms with Gasteiger partial charge in [-0.05, 0) is 35.7 Å². The van der Waals surface area contributed by atoms with E-state index in [9.17, 15) is 0 Å². The first kappa shape index (κ1) is 15.4. The topological polar surface area (TPSA) is 18.5 Å². The lowest BCUT2D eigenvalue weighted by molar-refractivity contribution is 0.308. The van der Waals surface area contributed by atoms with Crippen LogP contribution in [0, 0.1) is 0 Å². The zero-order valence-electron chi connectivity index (χ0n) is 12.2. The summed E-state index contributed by atoms with van der Waals surface area (Å²) in [6.07, 6.45) is 4.51. The molecule has 20 heavy (non-hydrogen) atoms. The molecule has 0 aromatic carbocycles. The average Bonchev–Trinajstić information content (AvgIpc) is 3.08. The van der Waals surface area contributed by atoms with Crippen molar-refractivity contribution in [2.75, 3.05) is 13.2 Å². The second-order valence-electron chi connectivity index (χ2n) is 4.63. The van der Waals surface area contributed by atoms with Crippen LogP contribution in [-0.2, 0) is 0 Å². The Morgan fingerprint density at radius 3 is 1.65 bits per heavy atom. The number of thiophene rings is 2. The fourth-order valence-electron chi connectivity index (χ4n) is 1.81. The van der Waals surface area contributed by atoms with E-state index in [1.54, 1.807) is 22.7 Å². The second kappa shape index (κ2) is 8.32. The van der Waals surface area contributed by atoms with E-state index >= 15 is 0 Å². The molecule has 2 aromatic heterocycles. The molecule has 4 heteroatoms. The molecule has 0 spiro atoms. The van der Waals surface area contributed by atoms with Crippen LogP contribution in [0.5, 0.6) is 11.5 Å². The van der Waals surface area contributed by atoms with Crippen molar-refractivity contribution in [3.05, 3.63) is 22.9 Å². The van der Waals surface area contributed by atoms with Gasteiger partial charge in [-0.2, -0.15) is 0 Å². The zero-order valence-corrected chi connectivity index (χ0v) is 13.8. The molecule has 2 aromatic rings. The summed E-state index contributed by atoms with van der Waals surface area (Å²) in [6.45, 7) is 5.93. The highest BCUT2D eigenvalue weighted by atomic mass is 32.1. The Balaban J connectivity index is 2.07. The third kappa shape index (κ3) is 4.00. The summed E-state index contributed by atoms with van der Waals surface area (Å²) in [7, 11) is 0. The summed E-state index contributed by atoms with van der Waals surface area (Å²) in [5.41, 5.74) is 0. The van der Waals surface area contributed by atoms with Crippen LogP contribution < -0.4 is 9.47 Å². The fourth-order valence-corrected chi connectivity index (χ4v) is 3.65. The number of hydrogen-bond donors (Lipinski definition) is 0. The van der Waals surface area contributed by atoms with E-state index in [0.717, 1.165) is 50.4 Å². The molecule has 2 heterocycles. The van der Waals surface area contributed by atoms with Gasteiger partial charge in [0.1, 0.15) is 11.5 Å². The van der Waals surface area contributed by atoms with Crippen LogP contribution in [0.2, 0.25) is 0 Å². The third-order valence-corrected chi connectivity index (χ3v) is 4.93. The normalized spacial score (nSPS) is 10.7. The van der Waals surface area contributed by atoms with Crippen LogP contribution in [-0.4, -0.2) is 13.2 Å². The van der Waals surface area contributed by atoms with Crippen molar-refractivity contribution in [3.63, 3.8) is 0 Å². The summed E-state index contributed by atoms with van der Waals surface area (Å²) in [5, 5.41) is 4.18. The summed E-state index contributed by atoms with van der Waals surface area (Å²) in [6, 6.07) is 4.12. The molecule has 0 N–H and O–H groups in total. The summed E-state index contributed by atoms with van der Waals surface area (Å²) in [4.78, 5) is 2.39. The molecule has 110 valence electrons. The lowest BCUT2D eigenvalue weighted by Crippen LogP contribution is -1.97. The van der Waals surface area contributed by atoms with Gasteiger partial charge in [-0.25, -0.2) is 0 Å². The van der Waals surface area contributed by atoms with E-state index < -0.39 is 0 Å². The van der Waals surface area contributed by atoms with E-state index in [4.69, 9.17) is 9.47 Å². The molecule has 0 aliphatic heterocycles. The quantitative estimate of drug-likeness (QED) is 0.542. The molecule has 2 rings (SSSR count). The molecule has 0 aliphatic rings. The Hall–Kier alpha value is -1.00. The lowest BCUT2D eigenvalue weighted by atomic mass is 10.3. The maximum atomic E-state index is 5.88. The van der Waals surface area contributed by atoms with Crippen molar-refractivity contribution in [1.29, 1.82) is 0 Å². The minimum Gasteiger partial charge on any atom is -0.492 e. The molecule has 2 nitrogen and oxygen atoms in total. The van der Waals surface area contributed by atoms with Gasteiger partial charge in [-0.1, -0.05) is 26.7 Å². The maximum absolute atomic E-state index is 5.88.